The van der Waals surface area contributed by atoms with E-state index in [1.165, 1.54) is 11.6 Å². The van der Waals surface area contributed by atoms with Crippen molar-refractivity contribution in [1.29, 1.82) is 0 Å². The molecule has 102 valence electrons. The summed E-state index contributed by atoms with van der Waals surface area (Å²) in [5.74, 6) is 0.797. The van der Waals surface area contributed by atoms with Crippen molar-refractivity contribution < 1.29 is 17.8 Å². The lowest BCUT2D eigenvalue weighted by Crippen LogP contribution is -2.22. The lowest BCUT2D eigenvalue weighted by molar-refractivity contribution is -0.380. The van der Waals surface area contributed by atoms with Crippen molar-refractivity contribution in [3.8, 4) is 0 Å². The molecule has 0 unspecified atom stereocenters. The fourth-order valence-electron chi connectivity index (χ4n) is 1.27. The number of thiophene rings is 1. The summed E-state index contributed by atoms with van der Waals surface area (Å²) in [6, 6.07) is 1.01. The predicted molar refractivity (Wildman–Crippen MR) is 66.2 cm³/mol. The zero-order valence-electron chi connectivity index (χ0n) is 9.69. The molecule has 2 aromatic rings. The minimum absolute atomic E-state index is 0.111. The lowest BCUT2D eigenvalue weighted by Gasteiger charge is -2.01. The van der Waals surface area contributed by atoms with Crippen molar-refractivity contribution in [2.24, 2.45) is 0 Å². The Labute approximate surface area is 112 Å². The van der Waals surface area contributed by atoms with E-state index in [4.69, 9.17) is 4.42 Å². The molecule has 0 aliphatic rings. The number of nitrogens with one attached hydrogen (secondary N) is 1. The highest BCUT2D eigenvalue weighted by molar-refractivity contribution is 7.89. The number of oxazole rings is 1. The van der Waals surface area contributed by atoms with Crippen LogP contribution in [0.25, 0.3) is 0 Å². The third kappa shape index (κ3) is 3.16. The number of hydrogen-bond donors (Lipinski definition) is 1. The van der Waals surface area contributed by atoms with Gasteiger partial charge in [-0.05, 0) is 6.92 Å². The fraction of sp³-hybridized carbons (Fsp3) is 0.222. The van der Waals surface area contributed by atoms with Crippen LogP contribution >= 0.6 is 11.3 Å². The maximum absolute atomic E-state index is 11.9. The van der Waals surface area contributed by atoms with Gasteiger partial charge in [-0.3, -0.25) is 10.1 Å². The van der Waals surface area contributed by atoms with Crippen molar-refractivity contribution >= 4 is 26.4 Å². The van der Waals surface area contributed by atoms with Crippen molar-refractivity contribution in [2.75, 3.05) is 0 Å². The topological polar surface area (TPSA) is 115 Å². The smallest absolute Gasteiger partial charge is 0.325 e. The Morgan fingerprint density at radius 3 is 2.84 bits per heavy atom. The molecule has 2 aromatic heterocycles. The molecular weight excluding hydrogens is 294 g/mol. The van der Waals surface area contributed by atoms with Crippen LogP contribution in [-0.4, -0.2) is 18.3 Å². The summed E-state index contributed by atoms with van der Waals surface area (Å²) in [4.78, 5) is 13.6. The van der Waals surface area contributed by atoms with Gasteiger partial charge in [0.1, 0.15) is 5.76 Å². The van der Waals surface area contributed by atoms with E-state index in [0.29, 0.717) is 5.76 Å². The van der Waals surface area contributed by atoms with E-state index in [9.17, 15) is 18.5 Å². The summed E-state index contributed by atoms with van der Waals surface area (Å²) < 4.78 is 31.1. The van der Waals surface area contributed by atoms with Crippen molar-refractivity contribution in [3.05, 3.63) is 39.4 Å². The first kappa shape index (κ1) is 13.6. The molecule has 0 amide bonds. The molecule has 0 fully saturated rings. The van der Waals surface area contributed by atoms with Gasteiger partial charge in [-0.25, -0.2) is 18.1 Å². The number of aryl methyl sites for hydroxylation is 1. The van der Waals surface area contributed by atoms with E-state index in [1.54, 1.807) is 6.92 Å². The van der Waals surface area contributed by atoms with Crippen LogP contribution in [0.4, 0.5) is 5.00 Å². The molecule has 0 atom stereocenters. The fourth-order valence-corrected chi connectivity index (χ4v) is 3.33. The van der Waals surface area contributed by atoms with Crippen LogP contribution in [0.2, 0.25) is 0 Å². The molecule has 19 heavy (non-hydrogen) atoms. The third-order valence-corrected chi connectivity index (χ3v) is 4.54. The first-order valence-electron chi connectivity index (χ1n) is 5.02. The molecule has 0 radical (unpaired) electrons. The Hall–Kier alpha value is -1.78. The molecule has 0 bridgehead atoms. The minimum Gasteiger partial charge on any atom is -0.445 e. The summed E-state index contributed by atoms with van der Waals surface area (Å²) in [6.07, 6.45) is 1.47. The van der Waals surface area contributed by atoms with E-state index in [-0.39, 0.29) is 22.3 Å². The lowest BCUT2D eigenvalue weighted by atomic mass is 10.6. The monoisotopic (exact) mass is 303 g/mol. The van der Waals surface area contributed by atoms with Gasteiger partial charge in [0.2, 0.25) is 15.9 Å². The van der Waals surface area contributed by atoms with E-state index in [2.05, 4.69) is 9.71 Å². The van der Waals surface area contributed by atoms with Gasteiger partial charge in [0, 0.05) is 11.4 Å². The number of aromatic nitrogens is 1. The molecule has 10 heteroatoms. The van der Waals surface area contributed by atoms with Crippen LogP contribution in [0.1, 0.15) is 11.7 Å². The highest BCUT2D eigenvalue weighted by Gasteiger charge is 2.20. The van der Waals surface area contributed by atoms with Gasteiger partial charge in [-0.1, -0.05) is 11.3 Å². The molecule has 0 aliphatic heterocycles. The zero-order chi connectivity index (χ0) is 14.0. The number of nitrogens with zero attached hydrogens (tertiary/aromatic N) is 2. The van der Waals surface area contributed by atoms with E-state index < -0.39 is 14.9 Å². The number of rotatable bonds is 5. The van der Waals surface area contributed by atoms with Crippen molar-refractivity contribution in [2.45, 2.75) is 18.4 Å². The number of nitro groups is 1. The highest BCUT2D eigenvalue weighted by atomic mass is 32.2. The van der Waals surface area contributed by atoms with Crippen molar-refractivity contribution in [1.82, 2.24) is 9.71 Å². The summed E-state index contributed by atoms with van der Waals surface area (Å²) in [5, 5.41) is 11.5. The molecule has 1 N–H and O–H groups in total. The molecule has 2 heterocycles. The first-order chi connectivity index (χ1) is 8.88. The van der Waals surface area contributed by atoms with E-state index >= 15 is 0 Å². The Bertz CT molecular complexity index is 703. The van der Waals surface area contributed by atoms with Crippen LogP contribution in [0.5, 0.6) is 0 Å². The average Bonchev–Trinajstić information content (AvgIpc) is 2.95. The van der Waals surface area contributed by atoms with Gasteiger partial charge in [-0.2, -0.15) is 0 Å². The van der Waals surface area contributed by atoms with Crippen LogP contribution < -0.4 is 4.72 Å². The van der Waals surface area contributed by atoms with E-state index in [1.807, 2.05) is 0 Å². The van der Waals surface area contributed by atoms with Gasteiger partial charge in [0.15, 0.2) is 0 Å². The quantitative estimate of drug-likeness (QED) is 0.660. The van der Waals surface area contributed by atoms with Gasteiger partial charge >= 0.3 is 5.00 Å². The Balaban J connectivity index is 2.11. The molecule has 0 spiro atoms. The van der Waals surface area contributed by atoms with Gasteiger partial charge in [0.25, 0.3) is 0 Å². The third-order valence-electron chi connectivity index (χ3n) is 2.13. The maximum atomic E-state index is 11.9. The molecular formula is C9H9N3O5S2. The molecule has 8 nitrogen and oxygen atoms in total. The zero-order valence-corrected chi connectivity index (χ0v) is 11.3. The van der Waals surface area contributed by atoms with Crippen LogP contribution in [0, 0.1) is 17.0 Å². The molecule has 2 rings (SSSR count). The SMILES string of the molecule is Cc1cnc(CNS(=O)(=O)c2csc([N+](=O)[O-])c2)o1. The largest absolute Gasteiger partial charge is 0.445 e. The van der Waals surface area contributed by atoms with Crippen molar-refractivity contribution in [3.63, 3.8) is 0 Å². The van der Waals surface area contributed by atoms with Gasteiger partial charge < -0.3 is 4.42 Å². The van der Waals surface area contributed by atoms with E-state index in [0.717, 1.165) is 17.4 Å². The van der Waals surface area contributed by atoms with Gasteiger partial charge in [-0.15, -0.1) is 0 Å². The molecule has 0 saturated heterocycles. The normalized spacial score (nSPS) is 11.6. The molecule has 0 saturated carbocycles. The van der Waals surface area contributed by atoms with Crippen LogP contribution in [0.3, 0.4) is 0 Å². The highest BCUT2D eigenvalue weighted by Crippen LogP contribution is 2.25. The Morgan fingerprint density at radius 1 is 1.58 bits per heavy atom. The summed E-state index contributed by atoms with van der Waals surface area (Å²) in [5.41, 5.74) is 0. The number of sulfonamides is 1. The Kier molecular flexibility index (Phi) is 3.64. The summed E-state index contributed by atoms with van der Waals surface area (Å²) in [7, 11) is -3.81. The minimum atomic E-state index is -3.81. The maximum Gasteiger partial charge on any atom is 0.325 e. The average molecular weight is 303 g/mol. The predicted octanol–water partition coefficient (Wildman–Crippen LogP) is 1.43. The van der Waals surface area contributed by atoms with Crippen LogP contribution in [0.15, 0.2) is 27.0 Å². The number of hydrogen-bond acceptors (Lipinski definition) is 7. The second kappa shape index (κ2) is 5.07. The standard InChI is InChI=1S/C9H9N3O5S2/c1-6-3-10-8(17-6)4-11-19(15,16)7-2-9(12(13)14)18-5-7/h2-3,5,11H,4H2,1H3. The molecule has 0 aromatic carbocycles. The molecule has 0 aliphatic carbocycles. The first-order valence-corrected chi connectivity index (χ1v) is 7.38. The summed E-state index contributed by atoms with van der Waals surface area (Å²) >= 11 is 0.753. The summed E-state index contributed by atoms with van der Waals surface area (Å²) in [6.45, 7) is 1.58. The second-order valence-corrected chi connectivity index (χ2v) is 6.22. The van der Waals surface area contributed by atoms with Crippen LogP contribution in [-0.2, 0) is 16.6 Å². The second-order valence-electron chi connectivity index (χ2n) is 3.57. The Morgan fingerprint density at radius 2 is 2.32 bits per heavy atom. The van der Waals surface area contributed by atoms with Gasteiger partial charge in [0.05, 0.1) is 22.6 Å².